The van der Waals surface area contributed by atoms with Gasteiger partial charge >= 0.3 is 11.8 Å². The highest BCUT2D eigenvalue weighted by atomic mass is 16.6. The molecular formula is C28H33N5O5. The predicted octanol–water partition coefficient (Wildman–Crippen LogP) is 3.04. The molecule has 0 spiro atoms. The number of fused-ring (bicyclic) bond motifs is 1. The van der Waals surface area contributed by atoms with Gasteiger partial charge in [0, 0.05) is 50.9 Å². The first-order valence-corrected chi connectivity index (χ1v) is 12.9. The lowest BCUT2D eigenvalue weighted by molar-refractivity contribution is -0.135. The average molecular weight is 520 g/mol. The molecule has 1 N–H and O–H groups in total. The number of benzene rings is 2. The third-order valence-electron chi connectivity index (χ3n) is 7.10. The van der Waals surface area contributed by atoms with Gasteiger partial charge in [0.1, 0.15) is 11.6 Å². The molecular weight excluding hydrogens is 486 g/mol. The number of para-hydroxylation sites is 1. The summed E-state index contributed by atoms with van der Waals surface area (Å²) in [6.45, 7) is 8.19. The highest BCUT2D eigenvalue weighted by Crippen LogP contribution is 2.32. The van der Waals surface area contributed by atoms with Gasteiger partial charge in [-0.2, -0.15) is 0 Å². The van der Waals surface area contributed by atoms with Gasteiger partial charge in [0.05, 0.1) is 11.0 Å². The minimum atomic E-state index is -0.721. The smallest absolute Gasteiger partial charge is 0.410 e. The summed E-state index contributed by atoms with van der Waals surface area (Å²) in [5.41, 5.74) is 3.48. The summed E-state index contributed by atoms with van der Waals surface area (Å²) in [5.74, 6) is -0.760. The summed E-state index contributed by atoms with van der Waals surface area (Å²) < 4.78 is 8.56. The minimum absolute atomic E-state index is 0.201. The summed E-state index contributed by atoms with van der Waals surface area (Å²) in [4.78, 5) is 53.7. The normalized spacial score (nSPS) is 18.6. The van der Waals surface area contributed by atoms with Crippen molar-refractivity contribution in [2.45, 2.75) is 45.3 Å². The Labute approximate surface area is 220 Å². The molecule has 38 heavy (non-hydrogen) atoms. The largest absolute Gasteiger partial charge is 0.444 e. The van der Waals surface area contributed by atoms with Crippen LogP contribution in [0.5, 0.6) is 0 Å². The van der Waals surface area contributed by atoms with Crippen LogP contribution in [-0.4, -0.2) is 63.7 Å². The van der Waals surface area contributed by atoms with Crippen molar-refractivity contribution in [3.63, 3.8) is 0 Å². The highest BCUT2D eigenvalue weighted by molar-refractivity contribution is 6.01. The van der Waals surface area contributed by atoms with Gasteiger partial charge in [0.15, 0.2) is 0 Å². The number of carbonyl (C=O) groups excluding carboxylic acids is 3. The molecule has 2 fully saturated rings. The number of aromatic nitrogens is 2. The van der Waals surface area contributed by atoms with Crippen LogP contribution in [0.2, 0.25) is 0 Å². The molecule has 0 saturated carbocycles. The Balaban J connectivity index is 1.38. The molecule has 3 heterocycles. The standard InChI is InChI=1S/C28H33N5O5/c1-28(2,3)38-27(37)32-16-14-31(15-17-32)19-10-8-18(9-11-19)20-6-5-7-21-24(20)30(4)26(36)33(21)22-12-13-23(34)29-25(22)35/h5-11,22H,12-17H2,1-4H3,(H,29,34,35). The molecule has 0 radical (unpaired) electrons. The zero-order valence-corrected chi connectivity index (χ0v) is 22.2. The topological polar surface area (TPSA) is 106 Å². The van der Waals surface area contributed by atoms with Crippen molar-refractivity contribution in [1.29, 1.82) is 0 Å². The van der Waals surface area contributed by atoms with E-state index in [1.807, 2.05) is 63.2 Å². The SMILES string of the molecule is Cn1c(=O)n(C2CCC(=O)NC2=O)c2cccc(-c3ccc(N4CCN(C(=O)OC(C)(C)C)CC4)cc3)c21. The average Bonchev–Trinajstić information content (AvgIpc) is 3.13. The molecule has 2 aliphatic heterocycles. The molecule has 200 valence electrons. The van der Waals surface area contributed by atoms with Crippen molar-refractivity contribution < 1.29 is 19.1 Å². The number of nitrogens with one attached hydrogen (secondary N) is 1. The molecule has 3 aromatic rings. The van der Waals surface area contributed by atoms with Crippen LogP contribution < -0.4 is 15.9 Å². The fraction of sp³-hybridized carbons (Fsp3) is 0.429. The first kappa shape index (κ1) is 25.6. The maximum Gasteiger partial charge on any atom is 0.410 e. The summed E-state index contributed by atoms with van der Waals surface area (Å²) in [6, 6.07) is 13.1. The predicted molar refractivity (Wildman–Crippen MR) is 144 cm³/mol. The first-order valence-electron chi connectivity index (χ1n) is 12.9. The molecule has 10 nitrogen and oxygen atoms in total. The van der Waals surface area contributed by atoms with E-state index in [-0.39, 0.29) is 24.1 Å². The van der Waals surface area contributed by atoms with Crippen molar-refractivity contribution in [2.75, 3.05) is 31.1 Å². The number of amides is 3. The number of piperazine rings is 1. The Morgan fingerprint density at radius 3 is 2.29 bits per heavy atom. The number of hydrogen-bond acceptors (Lipinski definition) is 6. The second-order valence-corrected chi connectivity index (χ2v) is 10.9. The van der Waals surface area contributed by atoms with Gasteiger partial charge in [-0.15, -0.1) is 0 Å². The third kappa shape index (κ3) is 4.78. The van der Waals surface area contributed by atoms with E-state index in [0.717, 1.165) is 22.3 Å². The minimum Gasteiger partial charge on any atom is -0.444 e. The van der Waals surface area contributed by atoms with Gasteiger partial charge in [0.2, 0.25) is 11.8 Å². The number of nitrogens with zero attached hydrogens (tertiary/aromatic N) is 4. The molecule has 1 aromatic heterocycles. The summed E-state index contributed by atoms with van der Waals surface area (Å²) in [5, 5.41) is 2.35. The van der Waals surface area contributed by atoms with E-state index in [4.69, 9.17) is 4.74 Å². The van der Waals surface area contributed by atoms with Crippen molar-refractivity contribution in [3.8, 4) is 11.1 Å². The van der Waals surface area contributed by atoms with Crippen LogP contribution in [0.25, 0.3) is 22.2 Å². The number of piperidine rings is 1. The second kappa shape index (κ2) is 9.66. The maximum atomic E-state index is 13.2. The Bertz CT molecular complexity index is 1460. The van der Waals surface area contributed by atoms with Crippen LogP contribution in [0.3, 0.4) is 0 Å². The number of ether oxygens (including phenoxy) is 1. The van der Waals surface area contributed by atoms with Gasteiger partial charge in [0.25, 0.3) is 0 Å². The molecule has 2 aromatic carbocycles. The molecule has 2 saturated heterocycles. The van der Waals surface area contributed by atoms with E-state index in [0.29, 0.717) is 38.1 Å². The van der Waals surface area contributed by atoms with Gasteiger partial charge in [-0.1, -0.05) is 24.3 Å². The van der Waals surface area contributed by atoms with E-state index in [9.17, 15) is 19.2 Å². The number of carbonyl (C=O) groups is 3. The number of anilines is 1. The van der Waals surface area contributed by atoms with E-state index < -0.39 is 17.6 Å². The molecule has 1 unspecified atom stereocenters. The van der Waals surface area contributed by atoms with E-state index in [1.54, 1.807) is 16.5 Å². The summed E-state index contributed by atoms with van der Waals surface area (Å²) in [7, 11) is 1.70. The highest BCUT2D eigenvalue weighted by Gasteiger charge is 2.32. The lowest BCUT2D eigenvalue weighted by Crippen LogP contribution is -2.50. The Morgan fingerprint density at radius 1 is 0.974 bits per heavy atom. The molecule has 5 rings (SSSR count). The number of aryl methyl sites for hydroxylation is 1. The molecule has 2 aliphatic rings. The Hall–Kier alpha value is -4.08. The van der Waals surface area contributed by atoms with Crippen LogP contribution in [0, 0.1) is 0 Å². The van der Waals surface area contributed by atoms with Crippen LogP contribution >= 0.6 is 0 Å². The number of hydrogen-bond donors (Lipinski definition) is 1. The van der Waals surface area contributed by atoms with Gasteiger partial charge < -0.3 is 14.5 Å². The van der Waals surface area contributed by atoms with Crippen LogP contribution in [0.4, 0.5) is 10.5 Å². The van der Waals surface area contributed by atoms with Gasteiger partial charge in [-0.3, -0.25) is 24.0 Å². The molecule has 3 amide bonds. The number of imide groups is 1. The fourth-order valence-corrected chi connectivity index (χ4v) is 5.23. The van der Waals surface area contributed by atoms with E-state index >= 15 is 0 Å². The zero-order chi connectivity index (χ0) is 27.2. The molecule has 1 atom stereocenters. The molecule has 0 bridgehead atoms. The Kier molecular flexibility index (Phi) is 6.50. The lowest BCUT2D eigenvalue weighted by atomic mass is 10.0. The zero-order valence-electron chi connectivity index (χ0n) is 22.2. The van der Waals surface area contributed by atoms with Crippen LogP contribution in [-0.2, 0) is 21.4 Å². The molecule has 10 heteroatoms. The number of imidazole rings is 1. The van der Waals surface area contributed by atoms with Crippen LogP contribution in [0.15, 0.2) is 47.3 Å². The number of rotatable bonds is 3. The van der Waals surface area contributed by atoms with Crippen molar-refractivity contribution in [1.82, 2.24) is 19.4 Å². The summed E-state index contributed by atoms with van der Waals surface area (Å²) >= 11 is 0. The quantitative estimate of drug-likeness (QED) is 0.534. The van der Waals surface area contributed by atoms with Crippen molar-refractivity contribution in [2.24, 2.45) is 7.05 Å². The summed E-state index contributed by atoms with van der Waals surface area (Å²) in [6.07, 6.45) is 0.214. The van der Waals surface area contributed by atoms with Crippen molar-refractivity contribution in [3.05, 3.63) is 52.9 Å². The van der Waals surface area contributed by atoms with Gasteiger partial charge in [-0.05, 0) is 51.0 Å². The fourth-order valence-electron chi connectivity index (χ4n) is 5.23. The second-order valence-electron chi connectivity index (χ2n) is 10.9. The Morgan fingerprint density at radius 2 is 1.66 bits per heavy atom. The van der Waals surface area contributed by atoms with Gasteiger partial charge in [-0.25, -0.2) is 9.59 Å². The van der Waals surface area contributed by atoms with Crippen LogP contribution in [0.1, 0.15) is 39.7 Å². The first-order chi connectivity index (χ1) is 18.0. The van der Waals surface area contributed by atoms with E-state index in [1.165, 1.54) is 4.57 Å². The molecule has 0 aliphatic carbocycles. The monoisotopic (exact) mass is 519 g/mol. The van der Waals surface area contributed by atoms with Crippen molar-refractivity contribution >= 4 is 34.6 Å². The third-order valence-corrected chi connectivity index (χ3v) is 7.10. The maximum absolute atomic E-state index is 13.2. The van der Waals surface area contributed by atoms with E-state index in [2.05, 4.69) is 10.2 Å². The lowest BCUT2D eigenvalue weighted by Gasteiger charge is -2.36.